The first-order valence-electron chi connectivity index (χ1n) is 6.72. The first-order chi connectivity index (χ1) is 9.31. The van der Waals surface area contributed by atoms with Crippen molar-refractivity contribution < 1.29 is 4.79 Å². The van der Waals surface area contributed by atoms with Crippen LogP contribution in [-0.4, -0.2) is 6.41 Å². The van der Waals surface area contributed by atoms with E-state index < -0.39 is 0 Å². The number of aryl methyl sites for hydroxylation is 2. The Bertz CT molecular complexity index is 515. The van der Waals surface area contributed by atoms with Crippen LogP contribution >= 0.6 is 0 Å². The number of nitrogens with zero attached hydrogens (tertiary/aromatic N) is 1. The largest absolute Gasteiger partial charge is 0.283 e. The molecule has 2 heteroatoms. The first kappa shape index (κ1) is 13.3. The predicted octanol–water partition coefficient (Wildman–Crippen LogP) is 4.11. The van der Waals surface area contributed by atoms with Crippen molar-refractivity contribution in [2.75, 3.05) is 4.90 Å². The minimum Gasteiger partial charge on any atom is -0.283 e. The number of carbonyl (C=O) groups is 1. The molecule has 0 spiro atoms. The van der Waals surface area contributed by atoms with E-state index in [4.69, 9.17) is 0 Å². The van der Waals surface area contributed by atoms with Crippen molar-refractivity contribution in [3.63, 3.8) is 0 Å². The van der Waals surface area contributed by atoms with E-state index in [0.29, 0.717) is 0 Å². The summed E-state index contributed by atoms with van der Waals surface area (Å²) in [6.45, 7) is 4.21. The molecular weight excluding hydrogens is 234 g/mol. The lowest BCUT2D eigenvalue weighted by Gasteiger charge is -2.23. The van der Waals surface area contributed by atoms with Gasteiger partial charge in [0, 0.05) is 0 Å². The molecule has 0 radical (unpaired) electrons. The summed E-state index contributed by atoms with van der Waals surface area (Å²) in [5.74, 6) is 0. The first-order valence-corrected chi connectivity index (χ1v) is 6.72. The molecule has 0 unspecified atom stereocenters. The summed E-state index contributed by atoms with van der Waals surface area (Å²) in [5.41, 5.74) is 4.31. The molecule has 2 aromatic carbocycles. The van der Waals surface area contributed by atoms with Gasteiger partial charge in [-0.15, -0.1) is 0 Å². The molecule has 0 saturated carbocycles. The van der Waals surface area contributed by atoms with E-state index in [-0.39, 0.29) is 0 Å². The van der Waals surface area contributed by atoms with E-state index in [9.17, 15) is 4.79 Å². The zero-order chi connectivity index (χ0) is 13.7. The van der Waals surface area contributed by atoms with E-state index in [1.54, 1.807) is 4.90 Å². The van der Waals surface area contributed by atoms with Gasteiger partial charge in [-0.2, -0.15) is 0 Å². The zero-order valence-corrected chi connectivity index (χ0v) is 11.5. The van der Waals surface area contributed by atoms with Crippen LogP contribution in [0.5, 0.6) is 0 Å². The number of hydrogen-bond acceptors (Lipinski definition) is 1. The molecule has 1 amide bonds. The van der Waals surface area contributed by atoms with Gasteiger partial charge in [0.1, 0.15) is 0 Å². The second-order valence-corrected chi connectivity index (χ2v) is 4.44. The molecule has 2 aromatic rings. The lowest BCUT2D eigenvalue weighted by Crippen LogP contribution is -2.17. The van der Waals surface area contributed by atoms with Crippen LogP contribution < -0.4 is 4.90 Å². The van der Waals surface area contributed by atoms with Crippen LogP contribution in [0.25, 0.3) is 0 Å². The van der Waals surface area contributed by atoms with E-state index in [1.807, 2.05) is 36.4 Å². The number of para-hydroxylation sites is 2. The highest BCUT2D eigenvalue weighted by molar-refractivity contribution is 5.88. The summed E-state index contributed by atoms with van der Waals surface area (Å²) >= 11 is 0. The van der Waals surface area contributed by atoms with Crippen LogP contribution in [0.1, 0.15) is 25.0 Å². The van der Waals surface area contributed by atoms with Crippen molar-refractivity contribution in [2.45, 2.75) is 26.7 Å². The van der Waals surface area contributed by atoms with Crippen molar-refractivity contribution in [3.8, 4) is 0 Å². The van der Waals surface area contributed by atoms with Gasteiger partial charge in [-0.3, -0.25) is 9.69 Å². The fourth-order valence-corrected chi connectivity index (χ4v) is 2.33. The number of anilines is 2. The predicted molar refractivity (Wildman–Crippen MR) is 79.8 cm³/mol. The number of rotatable bonds is 5. The van der Waals surface area contributed by atoms with E-state index in [2.05, 4.69) is 26.0 Å². The van der Waals surface area contributed by atoms with Crippen LogP contribution in [0.3, 0.4) is 0 Å². The van der Waals surface area contributed by atoms with Gasteiger partial charge < -0.3 is 0 Å². The summed E-state index contributed by atoms with van der Waals surface area (Å²) in [7, 11) is 0. The Labute approximate surface area is 114 Å². The van der Waals surface area contributed by atoms with Gasteiger partial charge in [0.2, 0.25) is 6.41 Å². The second kappa shape index (κ2) is 6.19. The van der Waals surface area contributed by atoms with E-state index in [1.165, 1.54) is 11.1 Å². The fourth-order valence-electron chi connectivity index (χ4n) is 2.33. The average Bonchev–Trinajstić information content (AvgIpc) is 2.49. The van der Waals surface area contributed by atoms with Crippen molar-refractivity contribution in [1.29, 1.82) is 0 Å². The molecule has 0 saturated heterocycles. The van der Waals surface area contributed by atoms with Gasteiger partial charge in [0.15, 0.2) is 0 Å². The molecule has 0 aromatic heterocycles. The Hall–Kier alpha value is -2.09. The molecule has 0 atom stereocenters. The highest BCUT2D eigenvalue weighted by Gasteiger charge is 2.13. The van der Waals surface area contributed by atoms with Gasteiger partial charge >= 0.3 is 0 Å². The maximum Gasteiger partial charge on any atom is 0.218 e. The molecule has 0 aliphatic carbocycles. The topological polar surface area (TPSA) is 20.3 Å². The Balaban J connectivity index is 2.53. The van der Waals surface area contributed by atoms with Gasteiger partial charge in [-0.05, 0) is 36.1 Å². The molecule has 0 fully saturated rings. The number of hydrogen-bond donors (Lipinski definition) is 0. The van der Waals surface area contributed by atoms with Crippen molar-refractivity contribution in [1.82, 2.24) is 0 Å². The van der Waals surface area contributed by atoms with Crippen molar-refractivity contribution >= 4 is 17.8 Å². The summed E-state index contributed by atoms with van der Waals surface area (Å²) < 4.78 is 0. The van der Waals surface area contributed by atoms with Crippen LogP contribution in [0.15, 0.2) is 48.5 Å². The lowest BCUT2D eigenvalue weighted by atomic mass is 10.1. The van der Waals surface area contributed by atoms with Gasteiger partial charge in [0.05, 0.1) is 11.4 Å². The highest BCUT2D eigenvalue weighted by atomic mass is 16.1. The van der Waals surface area contributed by atoms with E-state index in [0.717, 1.165) is 30.6 Å². The smallest absolute Gasteiger partial charge is 0.218 e. The average molecular weight is 253 g/mol. The maximum atomic E-state index is 11.6. The molecule has 0 bridgehead atoms. The minimum atomic E-state index is 0.906. The van der Waals surface area contributed by atoms with Crippen molar-refractivity contribution in [2.24, 2.45) is 0 Å². The Kier molecular flexibility index (Phi) is 4.35. The molecule has 0 N–H and O–H groups in total. The number of carbonyl (C=O) groups excluding carboxylic acids is 1. The summed E-state index contributed by atoms with van der Waals surface area (Å²) in [6.07, 6.45) is 2.73. The molecule has 2 rings (SSSR count). The maximum absolute atomic E-state index is 11.6. The van der Waals surface area contributed by atoms with Crippen LogP contribution in [0, 0.1) is 0 Å². The lowest BCUT2D eigenvalue weighted by molar-refractivity contribution is -0.106. The normalized spacial score (nSPS) is 10.2. The van der Waals surface area contributed by atoms with Crippen molar-refractivity contribution in [3.05, 3.63) is 59.7 Å². The van der Waals surface area contributed by atoms with Crippen LogP contribution in [-0.2, 0) is 17.6 Å². The van der Waals surface area contributed by atoms with Crippen LogP contribution in [0.2, 0.25) is 0 Å². The number of amides is 1. The summed E-state index contributed by atoms with van der Waals surface area (Å²) in [4.78, 5) is 13.3. The standard InChI is InChI=1S/C17H19NO/c1-3-14-9-5-7-11-16(14)18(13-19)17-12-8-6-10-15(17)4-2/h5-13H,3-4H2,1-2H3. The highest BCUT2D eigenvalue weighted by Crippen LogP contribution is 2.30. The quantitative estimate of drug-likeness (QED) is 0.734. The third-order valence-electron chi connectivity index (χ3n) is 3.37. The Morgan fingerprint density at radius 3 is 1.63 bits per heavy atom. The Morgan fingerprint density at radius 1 is 0.842 bits per heavy atom. The van der Waals surface area contributed by atoms with Gasteiger partial charge in [-0.1, -0.05) is 50.2 Å². The monoisotopic (exact) mass is 253 g/mol. The van der Waals surface area contributed by atoms with Crippen LogP contribution in [0.4, 0.5) is 11.4 Å². The molecule has 0 aliphatic rings. The molecule has 0 heterocycles. The SMILES string of the molecule is CCc1ccccc1N(C=O)c1ccccc1CC. The molecule has 98 valence electrons. The van der Waals surface area contributed by atoms with Gasteiger partial charge in [0.25, 0.3) is 0 Å². The summed E-state index contributed by atoms with van der Waals surface area (Å²) in [5, 5.41) is 0. The minimum absolute atomic E-state index is 0.906. The second-order valence-electron chi connectivity index (χ2n) is 4.44. The zero-order valence-electron chi connectivity index (χ0n) is 11.5. The summed E-state index contributed by atoms with van der Waals surface area (Å²) in [6, 6.07) is 16.1. The Morgan fingerprint density at radius 2 is 1.26 bits per heavy atom. The van der Waals surface area contributed by atoms with E-state index >= 15 is 0 Å². The number of benzene rings is 2. The third-order valence-corrected chi connectivity index (χ3v) is 3.37. The third kappa shape index (κ3) is 2.68. The fraction of sp³-hybridized carbons (Fsp3) is 0.235. The van der Waals surface area contributed by atoms with Gasteiger partial charge in [-0.25, -0.2) is 0 Å². The molecule has 2 nitrogen and oxygen atoms in total. The molecule has 19 heavy (non-hydrogen) atoms. The molecular formula is C17H19NO. The molecule has 0 aliphatic heterocycles.